The number of nitrogens with zero attached hydrogens (tertiary/aromatic N) is 2. The van der Waals surface area contributed by atoms with Gasteiger partial charge in [0.25, 0.3) is 11.8 Å². The van der Waals surface area contributed by atoms with Gasteiger partial charge in [-0.25, -0.2) is 8.78 Å². The van der Waals surface area contributed by atoms with Gasteiger partial charge in [0.05, 0.1) is 11.8 Å². The van der Waals surface area contributed by atoms with E-state index in [1.165, 1.54) is 53.4 Å². The first-order valence-electron chi connectivity index (χ1n) is 11.5. The molecule has 9 nitrogen and oxygen atoms in total. The van der Waals surface area contributed by atoms with Gasteiger partial charge < -0.3 is 26.4 Å². The van der Waals surface area contributed by atoms with Gasteiger partial charge in [0.2, 0.25) is 5.91 Å². The number of nitrogen functional groups attached to an aromatic ring is 1. The molecule has 0 bridgehead atoms. The van der Waals surface area contributed by atoms with Crippen LogP contribution in [0, 0.1) is 11.6 Å². The molecule has 1 aromatic heterocycles. The minimum absolute atomic E-state index is 0.0880. The van der Waals surface area contributed by atoms with Gasteiger partial charge in [0.15, 0.2) is 5.69 Å². The molecule has 1 aliphatic rings. The number of anilines is 1. The fourth-order valence-electron chi connectivity index (χ4n) is 4.06. The SMILES string of the molecule is NC(=O)c1nsc(C(=O)N(Cc2ccc(F)cc2)[C@H](C(=O)NC[C@H]2CCCO2)c2ccc(F)cc2)c1N. The van der Waals surface area contributed by atoms with Gasteiger partial charge in [-0.15, -0.1) is 0 Å². The molecule has 2 aromatic carbocycles. The molecule has 3 amide bonds. The zero-order valence-electron chi connectivity index (χ0n) is 19.7. The number of carbonyl (C=O) groups excluding carboxylic acids is 3. The lowest BCUT2D eigenvalue weighted by Gasteiger charge is -2.31. The van der Waals surface area contributed by atoms with Crippen molar-refractivity contribution >= 4 is 34.9 Å². The Morgan fingerprint density at radius 2 is 1.76 bits per heavy atom. The number of hydrogen-bond acceptors (Lipinski definition) is 7. The number of carbonyl (C=O) groups is 3. The number of nitrogens with one attached hydrogen (secondary N) is 1. The fraction of sp³-hybridized carbons (Fsp3) is 0.280. The third kappa shape index (κ3) is 6.09. The minimum Gasteiger partial charge on any atom is -0.395 e. The van der Waals surface area contributed by atoms with E-state index in [0.717, 1.165) is 12.8 Å². The molecule has 12 heteroatoms. The number of hydrogen-bond donors (Lipinski definition) is 3. The quantitative estimate of drug-likeness (QED) is 0.389. The molecule has 1 fully saturated rings. The van der Waals surface area contributed by atoms with Crippen molar-refractivity contribution in [1.29, 1.82) is 0 Å². The van der Waals surface area contributed by atoms with Crippen molar-refractivity contribution in [2.75, 3.05) is 18.9 Å². The van der Waals surface area contributed by atoms with Gasteiger partial charge in [-0.2, -0.15) is 4.37 Å². The molecule has 0 unspecified atom stereocenters. The van der Waals surface area contributed by atoms with Crippen molar-refractivity contribution in [2.24, 2.45) is 5.73 Å². The highest BCUT2D eigenvalue weighted by atomic mass is 32.1. The summed E-state index contributed by atoms with van der Waals surface area (Å²) in [5, 5.41) is 2.83. The maximum atomic E-state index is 13.8. The standard InChI is InChI=1S/C25H25F2N5O4S/c26-16-7-3-14(4-8-16)13-32(25(35)22-19(28)20(23(29)33)31-37-22)21(15-5-9-17(27)10-6-15)24(34)30-12-18-2-1-11-36-18/h3-10,18,21H,1-2,11-13,28H2,(H2,29,33)(H,30,34)/t18-,21+/m1/s1. The van der Waals surface area contributed by atoms with Crippen molar-refractivity contribution < 1.29 is 27.9 Å². The normalized spacial score (nSPS) is 15.8. The van der Waals surface area contributed by atoms with Gasteiger partial charge in [-0.1, -0.05) is 24.3 Å². The van der Waals surface area contributed by atoms with Crippen LogP contribution in [0.25, 0.3) is 0 Å². The van der Waals surface area contributed by atoms with Gasteiger partial charge in [-0.3, -0.25) is 14.4 Å². The van der Waals surface area contributed by atoms with Crippen LogP contribution < -0.4 is 16.8 Å². The molecule has 2 atom stereocenters. The summed E-state index contributed by atoms with van der Waals surface area (Å²) in [4.78, 5) is 40.2. The highest BCUT2D eigenvalue weighted by molar-refractivity contribution is 7.09. The molecule has 194 valence electrons. The summed E-state index contributed by atoms with van der Waals surface area (Å²) in [6, 6.07) is 9.37. The first kappa shape index (κ1) is 26.2. The fourth-order valence-corrected chi connectivity index (χ4v) is 4.82. The third-order valence-electron chi connectivity index (χ3n) is 5.96. The van der Waals surface area contributed by atoms with Crippen molar-refractivity contribution in [3.63, 3.8) is 0 Å². The summed E-state index contributed by atoms with van der Waals surface area (Å²) in [6.45, 7) is 0.700. The Bertz CT molecular complexity index is 1280. The van der Waals surface area contributed by atoms with Crippen LogP contribution in [0.15, 0.2) is 48.5 Å². The molecule has 4 rings (SSSR count). The van der Waals surface area contributed by atoms with Gasteiger partial charge in [-0.05, 0) is 59.8 Å². The van der Waals surface area contributed by atoms with Crippen LogP contribution in [0.3, 0.4) is 0 Å². The van der Waals surface area contributed by atoms with E-state index in [0.29, 0.717) is 29.3 Å². The van der Waals surface area contributed by atoms with Crippen molar-refractivity contribution in [3.05, 3.63) is 81.9 Å². The summed E-state index contributed by atoms with van der Waals surface area (Å²) in [6.07, 6.45) is 1.51. The summed E-state index contributed by atoms with van der Waals surface area (Å²) >= 11 is 0.676. The molecule has 1 saturated heterocycles. The van der Waals surface area contributed by atoms with Gasteiger partial charge in [0, 0.05) is 19.7 Å². The van der Waals surface area contributed by atoms with E-state index in [1.54, 1.807) is 0 Å². The molecular formula is C25H25F2N5O4S. The Morgan fingerprint density at radius 3 is 2.32 bits per heavy atom. The van der Waals surface area contributed by atoms with Crippen LogP contribution in [0.1, 0.15) is 50.2 Å². The van der Waals surface area contributed by atoms with Gasteiger partial charge in [0.1, 0.15) is 22.6 Å². The zero-order valence-corrected chi connectivity index (χ0v) is 20.5. The average molecular weight is 530 g/mol. The Balaban J connectivity index is 1.75. The van der Waals surface area contributed by atoms with Crippen molar-refractivity contribution in [3.8, 4) is 0 Å². The lowest BCUT2D eigenvalue weighted by molar-refractivity contribution is -0.126. The molecule has 0 saturated carbocycles. The molecular weight excluding hydrogens is 504 g/mol. The van der Waals surface area contributed by atoms with Gasteiger partial charge >= 0.3 is 0 Å². The second-order valence-electron chi connectivity index (χ2n) is 8.53. The summed E-state index contributed by atoms with van der Waals surface area (Å²) < 4.78 is 36.8. The molecule has 0 aliphatic carbocycles. The van der Waals surface area contributed by atoms with Crippen LogP contribution in [0.4, 0.5) is 14.5 Å². The van der Waals surface area contributed by atoms with Crippen LogP contribution in [0.2, 0.25) is 0 Å². The number of ether oxygens (including phenoxy) is 1. The monoisotopic (exact) mass is 529 g/mol. The Kier molecular flexibility index (Phi) is 8.09. The van der Waals surface area contributed by atoms with E-state index in [2.05, 4.69) is 9.69 Å². The third-order valence-corrected chi connectivity index (χ3v) is 6.81. The predicted molar refractivity (Wildman–Crippen MR) is 132 cm³/mol. The van der Waals surface area contributed by atoms with E-state index in [4.69, 9.17) is 16.2 Å². The maximum absolute atomic E-state index is 13.8. The number of aromatic nitrogens is 1. The number of rotatable bonds is 9. The van der Waals surface area contributed by atoms with E-state index in [-0.39, 0.29) is 35.5 Å². The Morgan fingerprint density at radius 1 is 1.11 bits per heavy atom. The summed E-state index contributed by atoms with van der Waals surface area (Å²) in [7, 11) is 0. The number of primary amides is 1. The lowest BCUT2D eigenvalue weighted by atomic mass is 10.0. The minimum atomic E-state index is -1.22. The molecule has 5 N–H and O–H groups in total. The lowest BCUT2D eigenvalue weighted by Crippen LogP contribution is -2.45. The first-order chi connectivity index (χ1) is 17.7. The average Bonchev–Trinajstić information content (AvgIpc) is 3.54. The maximum Gasteiger partial charge on any atom is 0.270 e. The highest BCUT2D eigenvalue weighted by Crippen LogP contribution is 2.30. The Labute approximate surface area is 215 Å². The first-order valence-corrected chi connectivity index (χ1v) is 12.3. The molecule has 3 aromatic rings. The predicted octanol–water partition coefficient (Wildman–Crippen LogP) is 2.78. The topological polar surface area (TPSA) is 141 Å². The number of benzene rings is 2. The number of amides is 3. The van der Waals surface area contributed by atoms with Crippen LogP contribution in [-0.2, 0) is 16.1 Å². The molecule has 0 spiro atoms. The number of halogens is 2. The van der Waals surface area contributed by atoms with Crippen LogP contribution in [-0.4, -0.2) is 46.3 Å². The highest BCUT2D eigenvalue weighted by Gasteiger charge is 2.35. The van der Waals surface area contributed by atoms with Crippen LogP contribution in [0.5, 0.6) is 0 Å². The Hall–Kier alpha value is -3.90. The van der Waals surface area contributed by atoms with Crippen LogP contribution >= 0.6 is 11.5 Å². The second-order valence-corrected chi connectivity index (χ2v) is 9.31. The van der Waals surface area contributed by atoms with E-state index in [9.17, 15) is 23.2 Å². The summed E-state index contributed by atoms with van der Waals surface area (Å²) in [5.74, 6) is -3.12. The molecule has 0 radical (unpaired) electrons. The van der Waals surface area contributed by atoms with E-state index in [1.807, 2.05) is 0 Å². The molecule has 1 aliphatic heterocycles. The second kappa shape index (κ2) is 11.4. The number of nitrogens with two attached hydrogens (primary N) is 2. The largest absolute Gasteiger partial charge is 0.395 e. The van der Waals surface area contributed by atoms with Crippen molar-refractivity contribution in [2.45, 2.75) is 31.5 Å². The zero-order chi connectivity index (χ0) is 26.5. The smallest absolute Gasteiger partial charge is 0.270 e. The van der Waals surface area contributed by atoms with Crippen molar-refractivity contribution in [1.82, 2.24) is 14.6 Å². The molecule has 37 heavy (non-hydrogen) atoms. The summed E-state index contributed by atoms with van der Waals surface area (Å²) in [5.41, 5.74) is 11.7. The van der Waals surface area contributed by atoms with E-state index >= 15 is 0 Å². The molecule has 2 heterocycles. The van der Waals surface area contributed by atoms with E-state index < -0.39 is 35.4 Å².